The Kier molecular flexibility index (Phi) is 9.08. The number of phenols is 1. The molecule has 0 saturated carbocycles. The molecule has 0 spiro atoms. The number of halogens is 1. The minimum absolute atomic E-state index is 0.150. The quantitative estimate of drug-likeness (QED) is 0.143. The van der Waals surface area contributed by atoms with Gasteiger partial charge in [0.25, 0.3) is 0 Å². The van der Waals surface area contributed by atoms with E-state index in [-0.39, 0.29) is 5.75 Å². The molecule has 0 aliphatic carbocycles. The Morgan fingerprint density at radius 2 is 1.25 bits per heavy atom. The van der Waals surface area contributed by atoms with Crippen molar-refractivity contribution in [3.8, 4) is 22.6 Å². The lowest BCUT2D eigenvalue weighted by Crippen LogP contribution is -2.09. The molecule has 6 aromatic rings. The van der Waals surface area contributed by atoms with E-state index in [0.717, 1.165) is 68.0 Å². The highest BCUT2D eigenvalue weighted by molar-refractivity contribution is 9.10. The summed E-state index contributed by atoms with van der Waals surface area (Å²) in [5, 5.41) is 21.2. The number of hydrogen-bond donors (Lipinski definition) is 1. The Labute approximate surface area is 267 Å². The topological polar surface area (TPSA) is 54.2 Å². The zero-order chi connectivity index (χ0) is 30.5. The zero-order valence-electron chi connectivity index (χ0n) is 25.2. The average Bonchev–Trinajstić information content (AvgIpc) is 3.48. The van der Waals surface area contributed by atoms with Gasteiger partial charge in [-0.3, -0.25) is 0 Å². The van der Waals surface area contributed by atoms with Gasteiger partial charge in [-0.2, -0.15) is 0 Å². The van der Waals surface area contributed by atoms with Crippen LogP contribution in [-0.4, -0.2) is 20.1 Å². The fraction of sp³-hybridized carbons (Fsp3) is 0.211. The molecule has 0 aliphatic rings. The number of unbranched alkanes of at least 4 members (excludes halogenated alkanes) is 2. The zero-order valence-corrected chi connectivity index (χ0v) is 26.8. The van der Waals surface area contributed by atoms with Crippen LogP contribution in [0.1, 0.15) is 45.1 Å². The molecule has 0 atom stereocenters. The Balaban J connectivity index is 1.40. The standard InChI is InChI=1S/C38H37BrN4O/c1-27(2)14-6-3-7-15-29-26-35(43-40-33-20-12-13-21-34(33)41-43)38(44)36(37(29)39)28-22-24-32(25-23-28)42(30-16-8-4-9-17-30)31-18-10-5-11-19-31/h4-5,8-13,16-27,44H,3,6-7,14-15H2,1-2H3. The minimum Gasteiger partial charge on any atom is -0.505 e. The number of aromatic nitrogens is 3. The molecule has 0 bridgehead atoms. The molecule has 1 N–H and O–H groups in total. The van der Waals surface area contributed by atoms with Crippen LogP contribution in [0.15, 0.2) is 120 Å². The molecular formula is C38H37BrN4O. The molecule has 0 aliphatic heterocycles. The number of para-hydroxylation sites is 2. The van der Waals surface area contributed by atoms with E-state index in [1.165, 1.54) is 19.3 Å². The van der Waals surface area contributed by atoms with Gasteiger partial charge in [0.2, 0.25) is 0 Å². The third-order valence-corrected chi connectivity index (χ3v) is 8.87. The van der Waals surface area contributed by atoms with Crippen molar-refractivity contribution in [2.45, 2.75) is 46.0 Å². The van der Waals surface area contributed by atoms with Crippen molar-refractivity contribution in [1.82, 2.24) is 15.0 Å². The number of anilines is 3. The number of hydrogen-bond acceptors (Lipinski definition) is 4. The van der Waals surface area contributed by atoms with Gasteiger partial charge in [-0.1, -0.05) is 93.8 Å². The second-order valence-corrected chi connectivity index (χ2v) is 12.4. The Bertz CT molecular complexity index is 1760. The summed E-state index contributed by atoms with van der Waals surface area (Å²) in [7, 11) is 0. The van der Waals surface area contributed by atoms with Gasteiger partial charge in [0, 0.05) is 27.1 Å². The molecule has 5 nitrogen and oxygen atoms in total. The van der Waals surface area contributed by atoms with Gasteiger partial charge in [-0.25, -0.2) is 0 Å². The lowest BCUT2D eigenvalue weighted by Gasteiger charge is -2.25. The average molecular weight is 646 g/mol. The van der Waals surface area contributed by atoms with Crippen molar-refractivity contribution in [3.05, 3.63) is 125 Å². The molecular weight excluding hydrogens is 608 g/mol. The first kappa shape index (κ1) is 29.6. The van der Waals surface area contributed by atoms with Crippen molar-refractivity contribution in [1.29, 1.82) is 0 Å². The summed E-state index contributed by atoms with van der Waals surface area (Å²) in [6, 6.07) is 38.9. The number of fused-ring (bicyclic) bond motifs is 1. The van der Waals surface area contributed by atoms with Crippen molar-refractivity contribution in [3.63, 3.8) is 0 Å². The van der Waals surface area contributed by atoms with Crippen molar-refractivity contribution in [2.75, 3.05) is 4.90 Å². The molecule has 0 fully saturated rings. The molecule has 6 heteroatoms. The van der Waals surface area contributed by atoms with Crippen LogP contribution in [0.2, 0.25) is 0 Å². The van der Waals surface area contributed by atoms with Gasteiger partial charge in [0.15, 0.2) is 5.75 Å². The predicted octanol–water partition coefficient (Wildman–Crippen LogP) is 10.8. The normalized spacial score (nSPS) is 11.4. The van der Waals surface area contributed by atoms with E-state index in [0.29, 0.717) is 5.69 Å². The van der Waals surface area contributed by atoms with E-state index < -0.39 is 0 Å². The van der Waals surface area contributed by atoms with E-state index in [9.17, 15) is 5.11 Å². The van der Waals surface area contributed by atoms with Crippen LogP contribution in [0.25, 0.3) is 27.8 Å². The summed E-state index contributed by atoms with van der Waals surface area (Å²) < 4.78 is 0.912. The third kappa shape index (κ3) is 6.41. The van der Waals surface area contributed by atoms with Gasteiger partial charge >= 0.3 is 0 Å². The van der Waals surface area contributed by atoms with Crippen LogP contribution in [0.5, 0.6) is 5.75 Å². The van der Waals surface area contributed by atoms with Gasteiger partial charge in [-0.05, 0) is 100 Å². The minimum atomic E-state index is 0.150. The third-order valence-electron chi connectivity index (χ3n) is 7.96. The fourth-order valence-electron chi connectivity index (χ4n) is 5.68. The molecule has 44 heavy (non-hydrogen) atoms. The molecule has 0 amide bonds. The first-order valence-electron chi connectivity index (χ1n) is 15.4. The van der Waals surface area contributed by atoms with Crippen LogP contribution in [-0.2, 0) is 6.42 Å². The summed E-state index contributed by atoms with van der Waals surface area (Å²) in [5.74, 6) is 0.868. The van der Waals surface area contributed by atoms with Gasteiger partial charge in [0.05, 0.1) is 0 Å². The molecule has 222 valence electrons. The highest BCUT2D eigenvalue weighted by atomic mass is 79.9. The fourth-order valence-corrected chi connectivity index (χ4v) is 6.41. The second kappa shape index (κ2) is 13.5. The first-order chi connectivity index (χ1) is 21.5. The highest BCUT2D eigenvalue weighted by Crippen LogP contribution is 2.44. The van der Waals surface area contributed by atoms with E-state index >= 15 is 0 Å². The van der Waals surface area contributed by atoms with E-state index in [4.69, 9.17) is 10.2 Å². The maximum atomic E-state index is 11.8. The number of phenolic OH excluding ortho intramolecular Hbond substituents is 1. The summed E-state index contributed by atoms with van der Waals surface area (Å²) in [6.45, 7) is 4.56. The smallest absolute Gasteiger partial charge is 0.152 e. The van der Waals surface area contributed by atoms with Crippen molar-refractivity contribution < 1.29 is 5.11 Å². The molecule has 1 heterocycles. The molecule has 0 radical (unpaired) electrons. The predicted molar refractivity (Wildman–Crippen MR) is 185 cm³/mol. The monoisotopic (exact) mass is 644 g/mol. The molecule has 5 aromatic carbocycles. The number of benzene rings is 5. The SMILES string of the molecule is CC(C)CCCCCc1cc(-n2nc3ccccc3n2)c(O)c(-c2ccc(N(c3ccccc3)c3ccccc3)cc2)c1Br. The van der Waals surface area contributed by atoms with Gasteiger partial charge < -0.3 is 10.0 Å². The van der Waals surface area contributed by atoms with Crippen molar-refractivity contribution >= 4 is 44.0 Å². The summed E-state index contributed by atoms with van der Waals surface area (Å²) in [5.41, 5.74) is 8.15. The lowest BCUT2D eigenvalue weighted by atomic mass is 9.96. The summed E-state index contributed by atoms with van der Waals surface area (Å²) in [4.78, 5) is 3.80. The highest BCUT2D eigenvalue weighted by Gasteiger charge is 2.21. The molecule has 0 unspecified atom stereocenters. The van der Waals surface area contributed by atoms with Crippen LogP contribution >= 0.6 is 15.9 Å². The maximum Gasteiger partial charge on any atom is 0.152 e. The van der Waals surface area contributed by atoms with Crippen molar-refractivity contribution in [2.24, 2.45) is 5.92 Å². The van der Waals surface area contributed by atoms with E-state index in [2.05, 4.69) is 107 Å². The van der Waals surface area contributed by atoms with Crippen LogP contribution in [0.4, 0.5) is 17.1 Å². The number of aryl methyl sites for hydroxylation is 1. The summed E-state index contributed by atoms with van der Waals surface area (Å²) >= 11 is 3.90. The number of aromatic hydroxyl groups is 1. The Morgan fingerprint density at radius 1 is 0.705 bits per heavy atom. The Hall–Kier alpha value is -4.42. The molecule has 1 aromatic heterocycles. The maximum absolute atomic E-state index is 11.8. The van der Waals surface area contributed by atoms with Gasteiger partial charge in [0.1, 0.15) is 16.7 Å². The first-order valence-corrected chi connectivity index (χ1v) is 16.2. The molecule has 6 rings (SSSR count). The number of nitrogens with zero attached hydrogens (tertiary/aromatic N) is 4. The number of rotatable bonds is 11. The van der Waals surface area contributed by atoms with Crippen LogP contribution < -0.4 is 4.90 Å². The van der Waals surface area contributed by atoms with Gasteiger partial charge in [-0.15, -0.1) is 15.0 Å². The lowest BCUT2D eigenvalue weighted by molar-refractivity contribution is 0.469. The van der Waals surface area contributed by atoms with Crippen LogP contribution in [0.3, 0.4) is 0 Å². The van der Waals surface area contributed by atoms with E-state index in [1.807, 2.05) is 42.5 Å². The summed E-state index contributed by atoms with van der Waals surface area (Å²) in [6.07, 6.45) is 5.61. The second-order valence-electron chi connectivity index (χ2n) is 11.6. The largest absolute Gasteiger partial charge is 0.505 e. The van der Waals surface area contributed by atoms with E-state index in [1.54, 1.807) is 4.80 Å². The van der Waals surface area contributed by atoms with Crippen LogP contribution in [0, 0.1) is 5.92 Å². The Morgan fingerprint density at radius 3 is 1.82 bits per heavy atom. The molecule has 0 saturated heterocycles.